The molecule has 4 rings (SSSR count). The number of benzene rings is 3. The van der Waals surface area contributed by atoms with E-state index < -0.39 is 6.04 Å². The first-order valence-electron chi connectivity index (χ1n) is 10.3. The summed E-state index contributed by atoms with van der Waals surface area (Å²) in [7, 11) is 0. The summed E-state index contributed by atoms with van der Waals surface area (Å²) in [5.74, 6) is 0.511. The quantitative estimate of drug-likeness (QED) is 0.268. The van der Waals surface area contributed by atoms with Crippen molar-refractivity contribution in [3.8, 4) is 11.5 Å². The number of nitrogens with zero attached hydrogens (tertiary/aromatic N) is 1. The van der Waals surface area contributed by atoms with Gasteiger partial charge in [-0.15, -0.1) is 0 Å². The Morgan fingerprint density at radius 3 is 2.82 bits per heavy atom. The molecule has 1 aliphatic rings. The van der Waals surface area contributed by atoms with Crippen molar-refractivity contribution in [1.82, 2.24) is 16.3 Å². The first-order chi connectivity index (χ1) is 16.0. The van der Waals surface area contributed by atoms with Gasteiger partial charge >= 0.3 is 0 Å². The number of carbonyl (C=O) groups excluding carboxylic acids is 1. The van der Waals surface area contributed by atoms with E-state index in [-0.39, 0.29) is 17.7 Å². The third-order valence-corrected chi connectivity index (χ3v) is 6.09. The number of hydrogen-bond acceptors (Lipinski definition) is 6. The van der Waals surface area contributed by atoms with Crippen molar-refractivity contribution >= 4 is 39.7 Å². The average molecular weight is 530 g/mol. The summed E-state index contributed by atoms with van der Waals surface area (Å²) in [5, 5.41) is 14.5. The molecule has 2 atom stereocenters. The van der Waals surface area contributed by atoms with Gasteiger partial charge in [-0.2, -0.15) is 5.10 Å². The smallest absolute Gasteiger partial charge is 0.258 e. The lowest BCUT2D eigenvalue weighted by molar-refractivity contribution is -0.122. The second-order valence-corrected chi connectivity index (χ2v) is 8.81. The molecule has 1 fully saturated rings. The van der Waals surface area contributed by atoms with E-state index in [2.05, 4.69) is 37.3 Å². The Kier molecular flexibility index (Phi) is 7.61. The Morgan fingerprint density at radius 1 is 1.18 bits per heavy atom. The highest BCUT2D eigenvalue weighted by Crippen LogP contribution is 2.31. The molecule has 4 N–H and O–H groups in total. The minimum Gasteiger partial charge on any atom is -0.507 e. The number of ether oxygens (including phenoxy) is 1. The molecule has 9 heteroatoms. The molecule has 7 nitrogen and oxygen atoms in total. The zero-order valence-corrected chi connectivity index (χ0v) is 19.8. The zero-order valence-electron chi connectivity index (χ0n) is 17.5. The number of aromatic hydroxyl groups is 1. The van der Waals surface area contributed by atoms with E-state index in [0.29, 0.717) is 23.6 Å². The van der Waals surface area contributed by atoms with Gasteiger partial charge in [0.2, 0.25) is 0 Å². The van der Waals surface area contributed by atoms with Crippen molar-refractivity contribution in [3.05, 3.63) is 92.9 Å². The highest BCUT2D eigenvalue weighted by atomic mass is 79.9. The van der Waals surface area contributed by atoms with Gasteiger partial charge in [0.25, 0.3) is 5.91 Å². The summed E-state index contributed by atoms with van der Waals surface area (Å²) in [6.07, 6.45) is 1.91. The molecule has 0 spiro atoms. The largest absolute Gasteiger partial charge is 0.507 e. The number of phenols is 1. The minimum absolute atomic E-state index is 0.0744. The molecule has 0 aromatic heterocycles. The number of rotatable bonds is 7. The first-order valence-corrected chi connectivity index (χ1v) is 11.5. The summed E-state index contributed by atoms with van der Waals surface area (Å²) in [6, 6.07) is 19.6. The summed E-state index contributed by atoms with van der Waals surface area (Å²) in [4.78, 5) is 12.6. The number of hydrazone groups is 1. The second kappa shape index (κ2) is 10.8. The molecule has 0 radical (unpaired) electrons. The van der Waals surface area contributed by atoms with Gasteiger partial charge in [-0.05, 0) is 36.8 Å². The number of amides is 1. The third-order valence-electron chi connectivity index (χ3n) is 5.22. The molecule has 1 saturated heterocycles. The standard InChI is InChI=1S/C24H22BrClN4O3/c25-17-9-10-22(31)16(11-17)13-27-30-24(32)21-12-20(28-29-21)18-6-2-4-8-23(18)33-14-15-5-1-3-7-19(15)26/h1-11,13,20-21,28-29,31H,12,14H2,(H,30,32)/b27-13+. The number of nitrogens with one attached hydrogen (secondary N) is 3. The maximum absolute atomic E-state index is 12.6. The topological polar surface area (TPSA) is 95.0 Å². The molecular weight excluding hydrogens is 508 g/mol. The lowest BCUT2D eigenvalue weighted by Crippen LogP contribution is -2.41. The highest BCUT2D eigenvalue weighted by molar-refractivity contribution is 9.10. The van der Waals surface area contributed by atoms with Crippen molar-refractivity contribution < 1.29 is 14.6 Å². The van der Waals surface area contributed by atoms with Crippen molar-refractivity contribution in [2.75, 3.05) is 0 Å². The second-order valence-electron chi connectivity index (χ2n) is 7.48. The summed E-state index contributed by atoms with van der Waals surface area (Å²) in [5.41, 5.74) is 11.0. The number of carbonyl (C=O) groups is 1. The Hall–Kier alpha value is -2.91. The van der Waals surface area contributed by atoms with Gasteiger partial charge in [-0.25, -0.2) is 16.3 Å². The first kappa shape index (κ1) is 23.3. The lowest BCUT2D eigenvalue weighted by atomic mass is 10.0. The third kappa shape index (κ3) is 5.91. The van der Waals surface area contributed by atoms with Crippen LogP contribution in [0.4, 0.5) is 0 Å². The molecule has 2 unspecified atom stereocenters. The molecule has 170 valence electrons. The summed E-state index contributed by atoms with van der Waals surface area (Å²) >= 11 is 9.57. The van der Waals surface area contributed by atoms with Gasteiger partial charge in [0, 0.05) is 26.2 Å². The van der Waals surface area contributed by atoms with Crippen LogP contribution in [0.25, 0.3) is 0 Å². The monoisotopic (exact) mass is 528 g/mol. The van der Waals surface area contributed by atoms with Crippen LogP contribution < -0.4 is 21.0 Å². The lowest BCUT2D eigenvalue weighted by Gasteiger charge is -2.16. The van der Waals surface area contributed by atoms with Crippen LogP contribution in [0.5, 0.6) is 11.5 Å². The molecule has 1 heterocycles. The normalized spacial score (nSPS) is 17.9. The van der Waals surface area contributed by atoms with E-state index in [0.717, 1.165) is 21.3 Å². The van der Waals surface area contributed by atoms with E-state index >= 15 is 0 Å². The van der Waals surface area contributed by atoms with Crippen LogP contribution >= 0.6 is 27.5 Å². The molecule has 33 heavy (non-hydrogen) atoms. The Balaban J connectivity index is 1.36. The van der Waals surface area contributed by atoms with Gasteiger partial charge in [-0.1, -0.05) is 63.9 Å². The predicted octanol–water partition coefficient (Wildman–Crippen LogP) is 4.45. The fourth-order valence-corrected chi connectivity index (χ4v) is 4.04. The van der Waals surface area contributed by atoms with Crippen molar-refractivity contribution in [2.24, 2.45) is 5.10 Å². The van der Waals surface area contributed by atoms with Crippen LogP contribution in [0.2, 0.25) is 5.02 Å². The van der Waals surface area contributed by atoms with E-state index in [1.807, 2.05) is 48.5 Å². The molecule has 3 aromatic carbocycles. The van der Waals surface area contributed by atoms with E-state index in [1.54, 1.807) is 18.2 Å². The molecule has 1 amide bonds. The van der Waals surface area contributed by atoms with Gasteiger partial charge < -0.3 is 9.84 Å². The highest BCUT2D eigenvalue weighted by Gasteiger charge is 2.31. The zero-order chi connectivity index (χ0) is 23.2. The molecular formula is C24H22BrClN4O3. The minimum atomic E-state index is -0.486. The van der Waals surface area contributed by atoms with Crippen molar-refractivity contribution in [1.29, 1.82) is 0 Å². The maximum Gasteiger partial charge on any atom is 0.258 e. The van der Waals surface area contributed by atoms with Crippen molar-refractivity contribution in [2.45, 2.75) is 25.1 Å². The molecule has 0 saturated carbocycles. The van der Waals surface area contributed by atoms with Crippen LogP contribution in [0, 0.1) is 0 Å². The Labute approximate surface area is 204 Å². The molecule has 0 bridgehead atoms. The van der Waals surface area contributed by atoms with E-state index in [4.69, 9.17) is 16.3 Å². The number of hydrazine groups is 1. The van der Waals surface area contributed by atoms with E-state index in [9.17, 15) is 9.90 Å². The number of hydrogen-bond donors (Lipinski definition) is 4. The summed E-state index contributed by atoms with van der Waals surface area (Å²) in [6.45, 7) is 0.345. The molecule has 3 aromatic rings. The fraction of sp³-hybridized carbons (Fsp3) is 0.167. The number of phenolic OH excluding ortho intramolecular Hbond substituents is 1. The van der Waals surface area contributed by atoms with Crippen LogP contribution in [0.1, 0.15) is 29.2 Å². The predicted molar refractivity (Wildman–Crippen MR) is 131 cm³/mol. The summed E-state index contributed by atoms with van der Waals surface area (Å²) < 4.78 is 6.84. The van der Waals surface area contributed by atoms with Crippen LogP contribution in [0.15, 0.2) is 76.3 Å². The van der Waals surface area contributed by atoms with Gasteiger partial charge in [0.05, 0.1) is 12.3 Å². The number of halogens is 2. The average Bonchev–Trinajstić information content (AvgIpc) is 3.31. The van der Waals surface area contributed by atoms with Crippen molar-refractivity contribution in [3.63, 3.8) is 0 Å². The Morgan fingerprint density at radius 2 is 1.97 bits per heavy atom. The van der Waals surface area contributed by atoms with Crippen LogP contribution in [-0.2, 0) is 11.4 Å². The maximum atomic E-state index is 12.6. The molecule has 0 aliphatic carbocycles. The SMILES string of the molecule is O=C(N/N=C/c1cc(Br)ccc1O)C1CC(c2ccccc2OCc2ccccc2Cl)NN1. The van der Waals surface area contributed by atoms with Gasteiger partial charge in [0.15, 0.2) is 0 Å². The van der Waals surface area contributed by atoms with Crippen LogP contribution in [-0.4, -0.2) is 23.3 Å². The fourth-order valence-electron chi connectivity index (χ4n) is 3.47. The van der Waals surface area contributed by atoms with E-state index in [1.165, 1.54) is 6.21 Å². The van der Waals surface area contributed by atoms with Gasteiger partial charge in [0.1, 0.15) is 24.1 Å². The van der Waals surface area contributed by atoms with Gasteiger partial charge in [-0.3, -0.25) is 4.79 Å². The van der Waals surface area contributed by atoms with Crippen LogP contribution in [0.3, 0.4) is 0 Å². The number of para-hydroxylation sites is 1. The molecule has 1 aliphatic heterocycles. The Bertz CT molecular complexity index is 1170.